The zero-order valence-corrected chi connectivity index (χ0v) is 13.1. The Kier molecular flexibility index (Phi) is 12.3. The molecule has 1 atom stereocenters. The fourth-order valence-electron chi connectivity index (χ4n) is 1.39. The van der Waals surface area contributed by atoms with Gasteiger partial charge in [0.2, 0.25) is 0 Å². The molecule has 0 aromatic heterocycles. The van der Waals surface area contributed by atoms with Crippen molar-refractivity contribution in [3.05, 3.63) is 0 Å². The van der Waals surface area contributed by atoms with Gasteiger partial charge in [-0.15, -0.1) is 0 Å². The Labute approximate surface area is 108 Å². The lowest BCUT2D eigenvalue weighted by Crippen LogP contribution is -2.34. The van der Waals surface area contributed by atoms with Crippen molar-refractivity contribution in [3.63, 3.8) is 0 Å². The van der Waals surface area contributed by atoms with Crippen molar-refractivity contribution in [2.45, 2.75) is 64.2 Å². The second-order valence-corrected chi connectivity index (χ2v) is 7.61. The molecule has 0 bridgehead atoms. The second kappa shape index (κ2) is 12.0. The molecule has 0 radical (unpaired) electrons. The molecule has 16 heavy (non-hydrogen) atoms. The zero-order chi connectivity index (χ0) is 12.2. The molecule has 4 heteroatoms. The summed E-state index contributed by atoms with van der Waals surface area (Å²) in [5.41, 5.74) is 0. The minimum atomic E-state index is -1.54. The highest BCUT2D eigenvalue weighted by atomic mass is 32.1. The predicted molar refractivity (Wildman–Crippen MR) is 76.6 cm³/mol. The van der Waals surface area contributed by atoms with E-state index < -0.39 is 9.28 Å². The van der Waals surface area contributed by atoms with Crippen molar-refractivity contribution < 1.29 is 8.85 Å². The van der Waals surface area contributed by atoms with Crippen LogP contribution in [0.25, 0.3) is 0 Å². The third-order valence-electron chi connectivity index (χ3n) is 2.46. The van der Waals surface area contributed by atoms with Crippen LogP contribution in [0.15, 0.2) is 0 Å². The zero-order valence-electron chi connectivity index (χ0n) is 11.1. The van der Waals surface area contributed by atoms with E-state index in [0.717, 1.165) is 38.9 Å². The lowest BCUT2D eigenvalue weighted by atomic mass is 10.4. The average molecular weight is 265 g/mol. The van der Waals surface area contributed by atoms with Gasteiger partial charge >= 0.3 is 9.28 Å². The van der Waals surface area contributed by atoms with E-state index in [9.17, 15) is 0 Å². The minimum Gasteiger partial charge on any atom is -0.396 e. The molecule has 0 N–H and O–H groups in total. The van der Waals surface area contributed by atoms with Gasteiger partial charge in [-0.1, -0.05) is 40.0 Å². The average Bonchev–Trinajstić information content (AvgIpc) is 2.28. The third kappa shape index (κ3) is 8.62. The summed E-state index contributed by atoms with van der Waals surface area (Å²) in [7, 11) is -1.54. The first-order valence-electron chi connectivity index (χ1n) is 6.67. The van der Waals surface area contributed by atoms with E-state index >= 15 is 0 Å². The van der Waals surface area contributed by atoms with Crippen LogP contribution >= 0.6 is 12.6 Å². The van der Waals surface area contributed by atoms with Gasteiger partial charge in [0.15, 0.2) is 0 Å². The van der Waals surface area contributed by atoms with Crippen LogP contribution in [0.2, 0.25) is 0 Å². The molecular weight excluding hydrogens is 236 g/mol. The van der Waals surface area contributed by atoms with Crippen molar-refractivity contribution in [1.82, 2.24) is 0 Å². The molecule has 0 aliphatic heterocycles. The van der Waals surface area contributed by atoms with E-state index in [1.165, 1.54) is 12.8 Å². The van der Waals surface area contributed by atoms with E-state index in [-0.39, 0.29) is 0 Å². The molecule has 2 nitrogen and oxygen atoms in total. The first-order valence-corrected chi connectivity index (χ1v) is 8.80. The molecular formula is C12H28O2SSi. The number of unbranched alkanes of at least 4 members (excludes halogenated alkanes) is 2. The highest BCUT2D eigenvalue weighted by Crippen LogP contribution is 2.12. The second-order valence-electron chi connectivity index (χ2n) is 4.17. The number of hydrogen-bond donors (Lipinski definition) is 1. The summed E-state index contributed by atoms with van der Waals surface area (Å²) in [6.45, 7) is 8.25. The van der Waals surface area contributed by atoms with Crippen LogP contribution in [-0.2, 0) is 8.85 Å². The van der Waals surface area contributed by atoms with Crippen molar-refractivity contribution in [3.8, 4) is 0 Å². The lowest BCUT2D eigenvalue weighted by Gasteiger charge is -2.21. The fraction of sp³-hybridized carbons (Fsp3) is 1.00. The van der Waals surface area contributed by atoms with Crippen molar-refractivity contribution in [1.29, 1.82) is 0 Å². The molecule has 0 heterocycles. The lowest BCUT2D eigenvalue weighted by molar-refractivity contribution is 0.189. The molecule has 98 valence electrons. The van der Waals surface area contributed by atoms with Gasteiger partial charge in [0.05, 0.1) is 0 Å². The molecule has 0 aliphatic rings. The maximum atomic E-state index is 5.88. The van der Waals surface area contributed by atoms with E-state index in [1.807, 2.05) is 0 Å². The van der Waals surface area contributed by atoms with E-state index in [4.69, 9.17) is 8.85 Å². The Balaban J connectivity index is 3.84. The van der Waals surface area contributed by atoms with E-state index in [1.54, 1.807) is 0 Å². The smallest absolute Gasteiger partial charge is 0.334 e. The topological polar surface area (TPSA) is 18.5 Å². The minimum absolute atomic E-state index is 0.346. The van der Waals surface area contributed by atoms with Gasteiger partial charge in [0.1, 0.15) is 0 Å². The third-order valence-corrected chi connectivity index (χ3v) is 5.54. The van der Waals surface area contributed by atoms with Gasteiger partial charge in [-0.2, -0.15) is 12.6 Å². The molecule has 0 rings (SSSR count). The van der Waals surface area contributed by atoms with Gasteiger partial charge in [-0.3, -0.25) is 0 Å². The van der Waals surface area contributed by atoms with Gasteiger partial charge < -0.3 is 8.85 Å². The molecule has 0 aliphatic carbocycles. The van der Waals surface area contributed by atoms with Crippen LogP contribution in [0.3, 0.4) is 0 Å². The largest absolute Gasteiger partial charge is 0.396 e. The molecule has 0 saturated heterocycles. The maximum Gasteiger partial charge on any atom is 0.334 e. The van der Waals surface area contributed by atoms with Crippen molar-refractivity contribution >= 4 is 21.9 Å². The van der Waals surface area contributed by atoms with Crippen molar-refractivity contribution in [2.75, 3.05) is 13.2 Å². The summed E-state index contributed by atoms with van der Waals surface area (Å²) in [5, 5.41) is 0. The normalized spacial score (nSPS) is 13.3. The Hall–Kier alpha value is 0.487. The summed E-state index contributed by atoms with van der Waals surface area (Å²) in [4.78, 5) is 0.346. The first kappa shape index (κ1) is 16.5. The maximum absolute atomic E-state index is 5.88. The summed E-state index contributed by atoms with van der Waals surface area (Å²) in [6.07, 6.45) is 6.90. The number of hydrogen-bond acceptors (Lipinski definition) is 3. The van der Waals surface area contributed by atoms with Gasteiger partial charge in [-0.05, 0) is 19.3 Å². The predicted octanol–water partition coefficient (Wildman–Crippen LogP) is 3.48. The Morgan fingerprint density at radius 3 is 1.81 bits per heavy atom. The van der Waals surface area contributed by atoms with Gasteiger partial charge in [0.25, 0.3) is 0 Å². The van der Waals surface area contributed by atoms with Crippen LogP contribution in [0, 0.1) is 0 Å². The molecule has 0 aromatic carbocycles. The molecule has 0 fully saturated rings. The summed E-state index contributed by atoms with van der Waals surface area (Å²) in [5.74, 6) is 0. The van der Waals surface area contributed by atoms with Crippen LogP contribution in [0.1, 0.15) is 59.3 Å². The van der Waals surface area contributed by atoms with Gasteiger partial charge in [0, 0.05) is 18.1 Å². The molecule has 0 amide bonds. The van der Waals surface area contributed by atoms with Gasteiger partial charge in [-0.25, -0.2) is 0 Å². The fourth-order valence-corrected chi connectivity index (χ4v) is 4.11. The number of rotatable bonds is 11. The molecule has 0 aromatic rings. The van der Waals surface area contributed by atoms with Crippen LogP contribution in [-0.4, -0.2) is 27.4 Å². The Morgan fingerprint density at radius 1 is 0.938 bits per heavy atom. The van der Waals surface area contributed by atoms with Crippen molar-refractivity contribution in [2.24, 2.45) is 0 Å². The van der Waals surface area contributed by atoms with E-state index in [0.29, 0.717) is 4.87 Å². The van der Waals surface area contributed by atoms with Crippen LogP contribution in [0.4, 0.5) is 0 Å². The van der Waals surface area contributed by atoms with Crippen LogP contribution in [0.5, 0.6) is 0 Å². The summed E-state index contributed by atoms with van der Waals surface area (Å²) >= 11 is 4.62. The van der Waals surface area contributed by atoms with E-state index in [2.05, 4.69) is 33.4 Å². The highest BCUT2D eigenvalue weighted by Gasteiger charge is 2.22. The summed E-state index contributed by atoms with van der Waals surface area (Å²) in [6, 6.07) is 0. The molecule has 0 spiro atoms. The molecule has 0 saturated carbocycles. The Bertz CT molecular complexity index is 137. The Morgan fingerprint density at radius 2 is 1.44 bits per heavy atom. The summed E-state index contributed by atoms with van der Waals surface area (Å²) < 4.78 is 11.8. The number of thiol groups is 1. The first-order chi connectivity index (χ1) is 7.76. The quantitative estimate of drug-likeness (QED) is 0.350. The SMILES string of the molecule is CCCCO[SiH](OCCCC)C(S)CCC. The highest BCUT2D eigenvalue weighted by molar-refractivity contribution is 7.82. The molecule has 1 unspecified atom stereocenters. The standard InChI is InChI=1S/C12H28O2SSi/c1-4-7-10-13-16(12(15)9-6-3)14-11-8-5-2/h12,15-16H,4-11H2,1-3H3. The monoisotopic (exact) mass is 264 g/mol. The van der Waals surface area contributed by atoms with Crippen LogP contribution < -0.4 is 0 Å².